The summed E-state index contributed by atoms with van der Waals surface area (Å²) < 4.78 is 67.9. The Morgan fingerprint density at radius 3 is 2.27 bits per heavy atom. The van der Waals surface area contributed by atoms with Gasteiger partial charge in [-0.3, -0.25) is 9.80 Å². The van der Waals surface area contributed by atoms with Crippen molar-refractivity contribution < 1.29 is 31.9 Å². The zero-order valence-electron chi connectivity index (χ0n) is 12.2. The van der Waals surface area contributed by atoms with E-state index < -0.39 is 53.3 Å². The molecule has 0 fully saturated rings. The third kappa shape index (κ3) is 3.08. The summed E-state index contributed by atoms with van der Waals surface area (Å²) in [5.41, 5.74) is -2.96. The minimum absolute atomic E-state index is 0.187. The highest BCUT2D eigenvalue weighted by Crippen LogP contribution is 2.53. The summed E-state index contributed by atoms with van der Waals surface area (Å²) in [7, 11) is 0. The Morgan fingerprint density at radius 1 is 1.41 bits per heavy atom. The minimum Gasteiger partial charge on any atom is -0.480 e. The van der Waals surface area contributed by atoms with Crippen LogP contribution in [0.25, 0.3) is 0 Å². The largest absolute Gasteiger partial charge is 0.480 e. The van der Waals surface area contributed by atoms with E-state index in [0.29, 0.717) is 6.08 Å². The van der Waals surface area contributed by atoms with Crippen molar-refractivity contribution in [3.05, 3.63) is 22.9 Å². The molecule has 1 aliphatic rings. The third-order valence-corrected chi connectivity index (χ3v) is 3.83. The molecule has 0 aromatic carbocycles. The molecule has 126 valence electrons. The fourth-order valence-corrected chi connectivity index (χ4v) is 2.59. The number of hydrazine groups is 1. The van der Waals surface area contributed by atoms with Gasteiger partial charge in [0.2, 0.25) is 0 Å². The molecule has 0 radical (unpaired) electrons. The van der Waals surface area contributed by atoms with E-state index in [1.54, 1.807) is 0 Å². The molecule has 1 aliphatic carbocycles. The summed E-state index contributed by atoms with van der Waals surface area (Å²) in [5.74, 6) is -2.41. The van der Waals surface area contributed by atoms with Crippen LogP contribution in [-0.4, -0.2) is 34.7 Å². The summed E-state index contributed by atoms with van der Waals surface area (Å²) in [6.45, 7) is 2.41. The number of hydrogen-bond acceptors (Lipinski definition) is 3. The summed E-state index contributed by atoms with van der Waals surface area (Å²) in [6.07, 6.45) is -4.15. The molecule has 0 spiro atoms. The van der Waals surface area contributed by atoms with E-state index in [1.165, 1.54) is 6.92 Å². The second kappa shape index (κ2) is 5.86. The predicted molar refractivity (Wildman–Crippen MR) is 68.6 cm³/mol. The molecule has 0 saturated carbocycles. The number of hydrogen-bond donors (Lipinski definition) is 2. The molecule has 0 heterocycles. The van der Waals surface area contributed by atoms with Gasteiger partial charge in [0.1, 0.15) is 12.2 Å². The van der Waals surface area contributed by atoms with E-state index in [4.69, 9.17) is 10.9 Å². The molecule has 0 aromatic rings. The summed E-state index contributed by atoms with van der Waals surface area (Å²) >= 11 is 0. The Hall–Kier alpha value is -1.64. The monoisotopic (exact) mass is 328 g/mol. The third-order valence-electron chi connectivity index (χ3n) is 3.83. The highest BCUT2D eigenvalue weighted by atomic mass is 19.4. The van der Waals surface area contributed by atoms with Crippen LogP contribution in [0.15, 0.2) is 22.9 Å². The quantitative estimate of drug-likeness (QED) is 0.473. The Morgan fingerprint density at radius 2 is 1.91 bits per heavy atom. The van der Waals surface area contributed by atoms with Gasteiger partial charge in [0, 0.05) is 5.92 Å². The lowest BCUT2D eigenvalue weighted by molar-refractivity contribution is -0.138. The molecule has 0 aromatic heterocycles. The van der Waals surface area contributed by atoms with Crippen LogP contribution in [-0.2, 0) is 4.79 Å². The maximum Gasteiger partial charge on any atom is 0.416 e. The Labute approximate surface area is 124 Å². The number of carbonyl (C=O) groups is 1. The lowest BCUT2D eigenvalue weighted by atomic mass is 9.89. The molecule has 3 N–H and O–H groups in total. The molecule has 0 aliphatic heterocycles. The summed E-state index contributed by atoms with van der Waals surface area (Å²) in [5, 5.41) is 8.85. The molecule has 1 rings (SSSR count). The molecule has 4 nitrogen and oxygen atoms in total. The van der Waals surface area contributed by atoms with Crippen molar-refractivity contribution in [1.29, 1.82) is 0 Å². The first kappa shape index (κ1) is 18.4. The van der Waals surface area contributed by atoms with E-state index >= 15 is 0 Å². The van der Waals surface area contributed by atoms with Gasteiger partial charge >= 0.3 is 12.1 Å². The minimum atomic E-state index is -4.84. The Kier molecular flexibility index (Phi) is 4.91. The van der Waals surface area contributed by atoms with Crippen LogP contribution in [0, 0.1) is 11.8 Å². The molecular formula is C13H17F5N2O2. The summed E-state index contributed by atoms with van der Waals surface area (Å²) in [6, 6.07) is 0. The van der Waals surface area contributed by atoms with Crippen molar-refractivity contribution in [3.8, 4) is 0 Å². The van der Waals surface area contributed by atoms with Crippen LogP contribution >= 0.6 is 0 Å². The fraction of sp³-hybridized carbons (Fsp3) is 0.615. The first-order chi connectivity index (χ1) is 9.85. The zero-order chi connectivity index (χ0) is 17.5. The van der Waals surface area contributed by atoms with E-state index in [1.807, 2.05) is 0 Å². The number of halogens is 5. The highest BCUT2D eigenvalue weighted by molar-refractivity contribution is 5.69. The van der Waals surface area contributed by atoms with Crippen LogP contribution in [0.2, 0.25) is 0 Å². The molecule has 0 amide bonds. The van der Waals surface area contributed by atoms with Crippen LogP contribution < -0.4 is 5.84 Å². The SMILES string of the molecule is C/C=C(\C1=C(N(N)CC(=O)O)C(F)(F)[C@H](C)[C@@H]1C)C(F)(F)F. The first-order valence-electron chi connectivity index (χ1n) is 6.46. The van der Waals surface area contributed by atoms with Gasteiger partial charge in [-0.25, -0.2) is 5.84 Å². The summed E-state index contributed by atoms with van der Waals surface area (Å²) in [4.78, 5) is 10.7. The molecule has 22 heavy (non-hydrogen) atoms. The van der Waals surface area contributed by atoms with Crippen molar-refractivity contribution in [2.24, 2.45) is 17.7 Å². The number of alkyl halides is 5. The predicted octanol–water partition coefficient (Wildman–Crippen LogP) is 2.93. The van der Waals surface area contributed by atoms with Gasteiger partial charge in [-0.1, -0.05) is 19.9 Å². The van der Waals surface area contributed by atoms with Crippen LogP contribution in [0.5, 0.6) is 0 Å². The van der Waals surface area contributed by atoms with Crippen molar-refractivity contribution in [3.63, 3.8) is 0 Å². The number of aliphatic carboxylic acids is 1. The number of carboxylic acids is 1. The Bertz CT molecular complexity index is 525. The van der Waals surface area contributed by atoms with Gasteiger partial charge in [-0.05, 0) is 18.4 Å². The first-order valence-corrected chi connectivity index (χ1v) is 6.46. The lowest BCUT2D eigenvalue weighted by Gasteiger charge is -2.27. The maximum absolute atomic E-state index is 14.3. The number of rotatable bonds is 4. The lowest BCUT2D eigenvalue weighted by Crippen LogP contribution is -2.43. The molecule has 0 bridgehead atoms. The van der Waals surface area contributed by atoms with E-state index in [9.17, 15) is 26.7 Å². The van der Waals surface area contributed by atoms with Gasteiger partial charge in [0.05, 0.1) is 5.57 Å². The van der Waals surface area contributed by atoms with Gasteiger partial charge in [-0.2, -0.15) is 22.0 Å². The van der Waals surface area contributed by atoms with Crippen molar-refractivity contribution in [2.45, 2.75) is 32.9 Å². The van der Waals surface area contributed by atoms with Crippen LogP contribution in [0.3, 0.4) is 0 Å². The molecular weight excluding hydrogens is 311 g/mol. The molecule has 0 saturated heterocycles. The fourth-order valence-electron chi connectivity index (χ4n) is 2.59. The number of allylic oxidation sites excluding steroid dienone is 4. The van der Waals surface area contributed by atoms with Crippen molar-refractivity contribution in [2.75, 3.05) is 6.54 Å². The van der Waals surface area contributed by atoms with Gasteiger partial charge in [0.15, 0.2) is 0 Å². The second-order valence-electron chi connectivity index (χ2n) is 5.18. The van der Waals surface area contributed by atoms with Crippen LogP contribution in [0.4, 0.5) is 22.0 Å². The highest BCUT2D eigenvalue weighted by Gasteiger charge is 2.57. The van der Waals surface area contributed by atoms with E-state index in [-0.39, 0.29) is 5.01 Å². The van der Waals surface area contributed by atoms with E-state index in [0.717, 1.165) is 13.8 Å². The number of nitrogens with two attached hydrogens (primary N) is 1. The van der Waals surface area contributed by atoms with Gasteiger partial charge < -0.3 is 5.11 Å². The molecule has 2 atom stereocenters. The van der Waals surface area contributed by atoms with E-state index in [2.05, 4.69) is 0 Å². The van der Waals surface area contributed by atoms with Gasteiger partial charge in [0.25, 0.3) is 5.92 Å². The second-order valence-corrected chi connectivity index (χ2v) is 5.18. The molecule has 9 heteroatoms. The van der Waals surface area contributed by atoms with Crippen molar-refractivity contribution >= 4 is 5.97 Å². The topological polar surface area (TPSA) is 66.6 Å². The van der Waals surface area contributed by atoms with Crippen molar-refractivity contribution in [1.82, 2.24) is 5.01 Å². The van der Waals surface area contributed by atoms with Crippen LogP contribution in [0.1, 0.15) is 20.8 Å². The molecule has 0 unspecified atom stereocenters. The average molecular weight is 328 g/mol. The number of nitrogens with zero attached hydrogens (tertiary/aromatic N) is 1. The maximum atomic E-state index is 14.3. The van der Waals surface area contributed by atoms with Gasteiger partial charge in [-0.15, -0.1) is 0 Å². The number of carboxylic acid groups (broad SMARTS) is 1. The standard InChI is InChI=1S/C13H17F5N2O2/c1-4-8(13(16,17)18)10-6(2)7(3)12(14,15)11(10)20(19)5-9(21)22/h4,6-7H,5,19H2,1-3H3,(H,21,22)/b8-4+/t6-,7+/m0/s1. The average Bonchev–Trinajstić information content (AvgIpc) is 2.49. The normalized spacial score (nSPS) is 25.6. The smallest absolute Gasteiger partial charge is 0.416 e. The Balaban J connectivity index is 3.56. The zero-order valence-corrected chi connectivity index (χ0v) is 12.2.